The molecule has 4 aliphatic heterocycles. The Bertz CT molecular complexity index is 2330. The van der Waals surface area contributed by atoms with Gasteiger partial charge in [-0.05, 0) is 38.8 Å². The molecule has 0 N–H and O–H groups in total. The molecule has 16 nitrogen and oxygen atoms in total. The maximum absolute atomic E-state index is 14.5. The Morgan fingerprint density at radius 3 is 1.58 bits per heavy atom. The summed E-state index contributed by atoms with van der Waals surface area (Å²) in [5.41, 5.74) is 4.81. The van der Waals surface area contributed by atoms with E-state index in [9.17, 15) is 8.78 Å². The van der Waals surface area contributed by atoms with E-state index in [0.717, 1.165) is 67.2 Å². The van der Waals surface area contributed by atoms with Crippen molar-refractivity contribution in [2.45, 2.75) is 63.8 Å². The van der Waals surface area contributed by atoms with Crippen molar-refractivity contribution < 1.29 is 18.3 Å². The molecule has 4 aliphatic rings. The number of aromatic nitrogens is 10. The van der Waals surface area contributed by atoms with Crippen molar-refractivity contribution in [3.8, 4) is 23.3 Å². The summed E-state index contributed by atoms with van der Waals surface area (Å²) in [7, 11) is 3.43. The Kier molecular flexibility index (Phi) is 11.8. The Hall–Kier alpha value is -6.40. The van der Waals surface area contributed by atoms with Crippen LogP contribution in [0.5, 0.6) is 0 Å². The number of rotatable bonds is 8. The molecule has 320 valence electrons. The van der Waals surface area contributed by atoms with Gasteiger partial charge in [0.1, 0.15) is 23.3 Å². The number of ether oxygens (including phenoxy) is 2. The predicted octanol–water partition coefficient (Wildman–Crippen LogP) is 5.63. The van der Waals surface area contributed by atoms with Crippen molar-refractivity contribution >= 4 is 23.1 Å². The highest BCUT2D eigenvalue weighted by Crippen LogP contribution is 2.36. The lowest BCUT2D eigenvalue weighted by Gasteiger charge is -2.36. The first-order valence-electron chi connectivity index (χ1n) is 20.9. The molecule has 18 heteroatoms. The Balaban J connectivity index is 0.000000158. The van der Waals surface area contributed by atoms with Crippen LogP contribution in [0, 0.1) is 11.8 Å². The number of hydrogen-bond acceptors (Lipinski definition) is 16. The highest BCUT2D eigenvalue weighted by molar-refractivity contribution is 5.58. The summed E-state index contributed by atoms with van der Waals surface area (Å²) < 4.78 is 39.9. The van der Waals surface area contributed by atoms with Gasteiger partial charge in [-0.3, -0.25) is 0 Å². The lowest BCUT2D eigenvalue weighted by atomic mass is 9.99. The van der Waals surface area contributed by atoms with E-state index in [0.29, 0.717) is 66.7 Å². The highest BCUT2D eigenvalue weighted by atomic mass is 19.1. The minimum Gasteiger partial charge on any atom is -0.380 e. The van der Waals surface area contributed by atoms with Crippen LogP contribution in [0.25, 0.3) is 23.3 Å². The second-order valence-corrected chi connectivity index (χ2v) is 15.8. The van der Waals surface area contributed by atoms with E-state index < -0.39 is 5.95 Å². The van der Waals surface area contributed by atoms with Gasteiger partial charge in [0.15, 0.2) is 23.3 Å². The van der Waals surface area contributed by atoms with Crippen LogP contribution in [0.3, 0.4) is 0 Å². The van der Waals surface area contributed by atoms with E-state index in [4.69, 9.17) is 24.4 Å². The summed E-state index contributed by atoms with van der Waals surface area (Å²) in [5, 5.41) is 0. The molecule has 0 aromatic carbocycles. The van der Waals surface area contributed by atoms with Crippen molar-refractivity contribution in [1.29, 1.82) is 0 Å². The van der Waals surface area contributed by atoms with Gasteiger partial charge in [0.05, 0.1) is 35.7 Å². The molecule has 10 heterocycles. The third-order valence-electron chi connectivity index (χ3n) is 12.1. The summed E-state index contributed by atoms with van der Waals surface area (Å²) >= 11 is 0. The molecule has 10 rings (SSSR count). The molecule has 2 saturated heterocycles. The van der Waals surface area contributed by atoms with E-state index in [1.165, 1.54) is 18.2 Å². The minimum absolute atomic E-state index is 0.0260. The first-order valence-corrected chi connectivity index (χ1v) is 20.9. The standard InChI is InChI=1S/2C22H24FN7O/c1-14-17-12-26-22(21-24-6-3-7-25-21)27-18(17)5-9-30(14)20-11-15(10-19(23)28-20)29-8-4-16(13-29)31-2;1-14-17-12-26-22(21-24-6-3-7-25-21)27-18(17)5-9-30(14)20-11-15(23)10-19(28-20)29-8-4-16(13-29)31-2/h2*3,6-7,10-12,14,16H,4-5,8-9,13H2,1-2H3. The van der Waals surface area contributed by atoms with Crippen LogP contribution in [0.15, 0.2) is 73.6 Å². The number of fused-ring (bicyclic) bond motifs is 2. The molecule has 4 atom stereocenters. The van der Waals surface area contributed by atoms with Crippen molar-refractivity contribution in [3.63, 3.8) is 0 Å². The smallest absolute Gasteiger partial charge is 0.216 e. The molecule has 6 aromatic rings. The van der Waals surface area contributed by atoms with Crippen LogP contribution < -0.4 is 19.6 Å². The summed E-state index contributed by atoms with van der Waals surface area (Å²) in [6.07, 6.45) is 14.0. The third-order valence-corrected chi connectivity index (χ3v) is 12.1. The van der Waals surface area contributed by atoms with E-state index >= 15 is 0 Å². The van der Waals surface area contributed by atoms with Gasteiger partial charge in [0, 0.05) is 145 Å². The monoisotopic (exact) mass is 842 g/mol. The minimum atomic E-state index is -0.473. The normalized spacial score (nSPS) is 20.7. The van der Waals surface area contributed by atoms with Gasteiger partial charge < -0.3 is 29.1 Å². The fourth-order valence-corrected chi connectivity index (χ4v) is 8.66. The van der Waals surface area contributed by atoms with Gasteiger partial charge in [-0.2, -0.15) is 4.39 Å². The van der Waals surface area contributed by atoms with Gasteiger partial charge in [0.25, 0.3) is 0 Å². The predicted molar refractivity (Wildman–Crippen MR) is 229 cm³/mol. The summed E-state index contributed by atoms with van der Waals surface area (Å²) in [4.78, 5) is 52.7. The zero-order valence-corrected chi connectivity index (χ0v) is 35.1. The van der Waals surface area contributed by atoms with Crippen molar-refractivity contribution in [1.82, 2.24) is 49.8 Å². The molecule has 6 aromatic heterocycles. The van der Waals surface area contributed by atoms with Crippen LogP contribution in [-0.2, 0) is 22.3 Å². The number of nitrogens with zero attached hydrogens (tertiary/aromatic N) is 14. The Labute approximate surface area is 358 Å². The van der Waals surface area contributed by atoms with Crippen molar-refractivity contribution in [2.75, 3.05) is 73.1 Å². The van der Waals surface area contributed by atoms with E-state index in [1.807, 2.05) is 18.5 Å². The zero-order valence-electron chi connectivity index (χ0n) is 35.1. The van der Waals surface area contributed by atoms with Gasteiger partial charge in [-0.25, -0.2) is 54.2 Å². The molecular formula is C44H48F2N14O2. The number of anilines is 4. The lowest BCUT2D eigenvalue weighted by molar-refractivity contribution is 0.121. The molecular weight excluding hydrogens is 795 g/mol. The third kappa shape index (κ3) is 8.56. The molecule has 2 fully saturated rings. The topological polar surface area (TPSA) is 160 Å². The largest absolute Gasteiger partial charge is 0.380 e. The SMILES string of the molecule is COC1CCN(c2cc(F)cc(N3CCc4nc(-c5ncccn5)ncc4C3C)n2)C1.COC1CCN(c2cc(F)nc(N3CCc4nc(-c5ncccn5)ncc4C3C)c2)C1. The van der Waals surface area contributed by atoms with E-state index in [1.54, 1.807) is 51.1 Å². The lowest BCUT2D eigenvalue weighted by Crippen LogP contribution is -2.36. The first-order chi connectivity index (χ1) is 30.2. The van der Waals surface area contributed by atoms with Crippen LogP contribution in [0.1, 0.15) is 61.3 Å². The fourth-order valence-electron chi connectivity index (χ4n) is 8.66. The maximum Gasteiger partial charge on any atom is 0.216 e. The number of halogens is 2. The van der Waals surface area contributed by atoms with Gasteiger partial charge in [0.2, 0.25) is 5.95 Å². The van der Waals surface area contributed by atoms with Crippen LogP contribution >= 0.6 is 0 Å². The zero-order chi connectivity index (χ0) is 42.7. The fraction of sp³-hybridized carbons (Fsp3) is 0.409. The van der Waals surface area contributed by atoms with Crippen molar-refractivity contribution in [2.24, 2.45) is 0 Å². The van der Waals surface area contributed by atoms with Crippen LogP contribution in [0.2, 0.25) is 0 Å². The maximum atomic E-state index is 14.5. The molecule has 0 radical (unpaired) electrons. The van der Waals surface area contributed by atoms with E-state index in [2.05, 4.69) is 68.3 Å². The summed E-state index contributed by atoms with van der Waals surface area (Å²) in [5.74, 6) is 3.22. The molecule has 0 aliphatic carbocycles. The summed E-state index contributed by atoms with van der Waals surface area (Å²) in [6, 6.07) is 9.94. The second kappa shape index (κ2) is 17.9. The van der Waals surface area contributed by atoms with Crippen LogP contribution in [-0.4, -0.2) is 116 Å². The average molecular weight is 843 g/mol. The average Bonchev–Trinajstić information content (AvgIpc) is 4.01. The van der Waals surface area contributed by atoms with Gasteiger partial charge in [-0.15, -0.1) is 0 Å². The van der Waals surface area contributed by atoms with E-state index in [-0.39, 0.29) is 30.1 Å². The van der Waals surface area contributed by atoms with Gasteiger partial charge >= 0.3 is 0 Å². The van der Waals surface area contributed by atoms with Crippen LogP contribution in [0.4, 0.5) is 31.9 Å². The number of pyridine rings is 2. The summed E-state index contributed by atoms with van der Waals surface area (Å²) in [6.45, 7) is 8.67. The molecule has 0 amide bonds. The second-order valence-electron chi connectivity index (χ2n) is 15.8. The van der Waals surface area contributed by atoms with Gasteiger partial charge in [-0.1, -0.05) is 0 Å². The molecule has 0 saturated carbocycles. The number of hydrogen-bond donors (Lipinski definition) is 0. The molecule has 0 bridgehead atoms. The molecule has 0 spiro atoms. The molecule has 62 heavy (non-hydrogen) atoms. The number of methoxy groups -OCH3 is 2. The Morgan fingerprint density at radius 2 is 1.05 bits per heavy atom. The molecule has 4 unspecified atom stereocenters. The highest BCUT2D eigenvalue weighted by Gasteiger charge is 2.31. The van der Waals surface area contributed by atoms with Crippen molar-refractivity contribution in [3.05, 3.63) is 108 Å². The Morgan fingerprint density at radius 1 is 0.548 bits per heavy atom. The first kappa shape index (κ1) is 41.0. The quantitative estimate of drug-likeness (QED) is 0.173.